The van der Waals surface area contributed by atoms with Crippen LogP contribution in [0.1, 0.15) is 0 Å². The average Bonchev–Trinajstić information content (AvgIpc) is 2.65. The number of aromatic nitrogens is 2. The predicted octanol–water partition coefficient (Wildman–Crippen LogP) is 0.0546. The minimum atomic E-state index is -3.99. The molecule has 8 nitrogen and oxygen atoms in total. The molecule has 0 unspecified atom stereocenters. The van der Waals surface area contributed by atoms with E-state index >= 15 is 0 Å². The van der Waals surface area contributed by atoms with Crippen LogP contribution in [-0.2, 0) is 21.4 Å². The van der Waals surface area contributed by atoms with E-state index in [1.54, 1.807) is 0 Å². The minimum absolute atomic E-state index is 0.00894. The van der Waals surface area contributed by atoms with Crippen LogP contribution < -0.4 is 5.69 Å². The fourth-order valence-electron chi connectivity index (χ4n) is 2.72. The fourth-order valence-corrected chi connectivity index (χ4v) is 4.15. The van der Waals surface area contributed by atoms with Crippen molar-refractivity contribution in [3.8, 4) is 0 Å². The molecule has 0 N–H and O–H groups in total. The van der Waals surface area contributed by atoms with Gasteiger partial charge in [-0.15, -0.1) is 0 Å². The Morgan fingerprint density at radius 1 is 1.11 bits per heavy atom. The summed E-state index contributed by atoms with van der Waals surface area (Å²) in [6, 6.07) is 3.92. The number of amides is 1. The Balaban J connectivity index is 1.66. The normalized spacial score (nSPS) is 15.7. The van der Waals surface area contributed by atoms with E-state index in [9.17, 15) is 26.8 Å². The monoisotopic (exact) mass is 398 g/mol. The van der Waals surface area contributed by atoms with E-state index in [-0.39, 0.29) is 43.5 Å². The summed E-state index contributed by atoms with van der Waals surface area (Å²) >= 11 is 0. The molecule has 0 spiro atoms. The topological polar surface area (TPSA) is 92.6 Å². The van der Waals surface area contributed by atoms with E-state index in [0.717, 1.165) is 21.0 Å². The molecular formula is C16H16F2N4O4S. The highest BCUT2D eigenvalue weighted by Crippen LogP contribution is 2.20. The van der Waals surface area contributed by atoms with E-state index in [1.165, 1.54) is 23.4 Å². The number of nitrogens with zero attached hydrogens (tertiary/aromatic N) is 4. The van der Waals surface area contributed by atoms with Crippen molar-refractivity contribution in [2.24, 2.45) is 0 Å². The quantitative estimate of drug-likeness (QED) is 0.726. The van der Waals surface area contributed by atoms with E-state index in [0.29, 0.717) is 6.07 Å². The molecule has 2 aromatic rings. The number of carbonyl (C=O) groups excluding carboxylic acids is 1. The number of sulfonamides is 1. The molecule has 0 bridgehead atoms. The summed E-state index contributed by atoms with van der Waals surface area (Å²) in [5, 5.41) is 0. The predicted molar refractivity (Wildman–Crippen MR) is 90.2 cm³/mol. The number of halogens is 2. The summed E-state index contributed by atoms with van der Waals surface area (Å²) < 4.78 is 53.7. The van der Waals surface area contributed by atoms with Crippen LogP contribution in [0.4, 0.5) is 8.78 Å². The van der Waals surface area contributed by atoms with Gasteiger partial charge in [0.15, 0.2) is 11.6 Å². The van der Waals surface area contributed by atoms with Crippen molar-refractivity contribution in [3.05, 3.63) is 58.8 Å². The first-order chi connectivity index (χ1) is 12.8. The first-order valence-electron chi connectivity index (χ1n) is 8.03. The van der Waals surface area contributed by atoms with Gasteiger partial charge in [0.1, 0.15) is 6.54 Å². The van der Waals surface area contributed by atoms with E-state index in [2.05, 4.69) is 4.98 Å². The van der Waals surface area contributed by atoms with Crippen LogP contribution >= 0.6 is 0 Å². The molecule has 0 radical (unpaired) electrons. The number of carbonyl (C=O) groups is 1. The summed E-state index contributed by atoms with van der Waals surface area (Å²) in [5.41, 5.74) is -0.551. The molecule has 1 aromatic heterocycles. The van der Waals surface area contributed by atoms with Crippen molar-refractivity contribution in [1.29, 1.82) is 0 Å². The molecule has 2 heterocycles. The van der Waals surface area contributed by atoms with Crippen molar-refractivity contribution in [3.63, 3.8) is 0 Å². The van der Waals surface area contributed by atoms with Crippen LogP contribution in [0.15, 0.2) is 46.3 Å². The van der Waals surface area contributed by atoms with Crippen molar-refractivity contribution >= 4 is 15.9 Å². The number of benzene rings is 1. The lowest BCUT2D eigenvalue weighted by Gasteiger charge is -2.34. The van der Waals surface area contributed by atoms with Gasteiger partial charge in [-0.25, -0.2) is 27.0 Å². The Morgan fingerprint density at radius 2 is 1.81 bits per heavy atom. The molecule has 3 rings (SSSR count). The molecule has 144 valence electrons. The smallest absolute Gasteiger partial charge is 0.338 e. The summed E-state index contributed by atoms with van der Waals surface area (Å²) in [7, 11) is -3.99. The number of piperazine rings is 1. The van der Waals surface area contributed by atoms with Gasteiger partial charge in [0, 0.05) is 38.6 Å². The lowest BCUT2D eigenvalue weighted by Crippen LogP contribution is -2.51. The van der Waals surface area contributed by atoms with Gasteiger partial charge in [0.2, 0.25) is 15.9 Å². The molecule has 1 fully saturated rings. The molecule has 1 aromatic carbocycles. The molecule has 1 aliphatic heterocycles. The SMILES string of the molecule is O=C(Cn1cccnc1=O)N1CCN(S(=O)(=O)c2ccc(F)c(F)c2)CC1. The first-order valence-corrected chi connectivity index (χ1v) is 9.47. The third-order valence-corrected chi connectivity index (χ3v) is 6.10. The number of rotatable bonds is 4. The Labute approximate surface area is 153 Å². The zero-order valence-corrected chi connectivity index (χ0v) is 14.9. The molecule has 1 aliphatic rings. The van der Waals surface area contributed by atoms with Crippen molar-refractivity contribution in [2.75, 3.05) is 26.2 Å². The largest absolute Gasteiger partial charge is 0.347 e. The second-order valence-electron chi connectivity index (χ2n) is 5.89. The summed E-state index contributed by atoms with van der Waals surface area (Å²) in [4.78, 5) is 28.5. The maximum absolute atomic E-state index is 13.3. The molecule has 11 heteroatoms. The maximum Gasteiger partial charge on any atom is 0.347 e. The van der Waals surface area contributed by atoms with Crippen molar-refractivity contribution < 1.29 is 22.0 Å². The second-order valence-corrected chi connectivity index (χ2v) is 7.83. The average molecular weight is 398 g/mol. The van der Waals surface area contributed by atoms with E-state index in [4.69, 9.17) is 0 Å². The van der Waals surface area contributed by atoms with E-state index in [1.807, 2.05) is 0 Å². The van der Waals surface area contributed by atoms with Crippen LogP contribution in [-0.4, -0.2) is 59.3 Å². The van der Waals surface area contributed by atoms with Gasteiger partial charge in [-0.3, -0.25) is 9.36 Å². The lowest BCUT2D eigenvalue weighted by atomic mass is 10.3. The molecule has 0 aliphatic carbocycles. The first kappa shape index (κ1) is 19.1. The molecule has 0 saturated carbocycles. The fraction of sp³-hybridized carbons (Fsp3) is 0.312. The van der Waals surface area contributed by atoms with Crippen LogP contribution in [0.25, 0.3) is 0 Å². The molecule has 27 heavy (non-hydrogen) atoms. The van der Waals surface area contributed by atoms with Gasteiger partial charge in [-0.05, 0) is 24.3 Å². The highest BCUT2D eigenvalue weighted by molar-refractivity contribution is 7.89. The molecule has 1 saturated heterocycles. The lowest BCUT2D eigenvalue weighted by molar-refractivity contribution is -0.133. The zero-order chi connectivity index (χ0) is 19.6. The van der Waals surface area contributed by atoms with Gasteiger partial charge in [0.25, 0.3) is 0 Å². The second kappa shape index (κ2) is 7.53. The zero-order valence-electron chi connectivity index (χ0n) is 14.1. The van der Waals surface area contributed by atoms with Gasteiger partial charge in [-0.1, -0.05) is 0 Å². The standard InChI is InChI=1S/C16H16F2N4O4S/c17-13-3-2-12(10-14(13)18)27(25,26)22-8-6-20(7-9-22)15(23)11-21-5-1-4-19-16(21)24/h1-5,10H,6-9,11H2. The van der Waals surface area contributed by atoms with Crippen molar-refractivity contribution in [2.45, 2.75) is 11.4 Å². The Hall–Kier alpha value is -2.66. The highest BCUT2D eigenvalue weighted by Gasteiger charge is 2.30. The Bertz CT molecular complexity index is 1020. The van der Waals surface area contributed by atoms with Crippen molar-refractivity contribution in [1.82, 2.24) is 18.8 Å². The number of hydrogen-bond donors (Lipinski definition) is 0. The van der Waals surface area contributed by atoms with Crippen LogP contribution in [0, 0.1) is 11.6 Å². The summed E-state index contributed by atoms with van der Waals surface area (Å²) in [6.07, 6.45) is 2.77. The third-order valence-electron chi connectivity index (χ3n) is 4.21. The molecule has 1 amide bonds. The highest BCUT2D eigenvalue weighted by atomic mass is 32.2. The van der Waals surface area contributed by atoms with E-state index < -0.39 is 27.3 Å². The third kappa shape index (κ3) is 4.03. The van der Waals surface area contributed by atoms with Gasteiger partial charge >= 0.3 is 5.69 Å². The Morgan fingerprint density at radius 3 is 2.44 bits per heavy atom. The molecular weight excluding hydrogens is 382 g/mol. The number of hydrogen-bond acceptors (Lipinski definition) is 5. The van der Waals surface area contributed by atoms with Crippen LogP contribution in [0.3, 0.4) is 0 Å². The van der Waals surface area contributed by atoms with Gasteiger partial charge < -0.3 is 4.90 Å². The summed E-state index contributed by atoms with van der Waals surface area (Å²) in [6.45, 7) is 0.0696. The molecule has 0 atom stereocenters. The van der Waals surface area contributed by atoms with Gasteiger partial charge in [0.05, 0.1) is 4.90 Å². The Kier molecular flexibility index (Phi) is 5.33. The van der Waals surface area contributed by atoms with Crippen LogP contribution in [0.2, 0.25) is 0 Å². The van der Waals surface area contributed by atoms with Gasteiger partial charge in [-0.2, -0.15) is 4.31 Å². The summed E-state index contributed by atoms with van der Waals surface area (Å²) in [5.74, 6) is -2.71. The maximum atomic E-state index is 13.3. The minimum Gasteiger partial charge on any atom is -0.338 e. The van der Waals surface area contributed by atoms with Crippen LogP contribution in [0.5, 0.6) is 0 Å².